The number of fused-ring (bicyclic) bond motifs is 1. The highest BCUT2D eigenvalue weighted by Gasteiger charge is 2.14. The molecule has 0 atom stereocenters. The molecule has 0 aliphatic heterocycles. The minimum absolute atomic E-state index is 0.155. The lowest BCUT2D eigenvalue weighted by Gasteiger charge is -2.13. The van der Waals surface area contributed by atoms with Crippen molar-refractivity contribution in [3.05, 3.63) is 36.0 Å². The number of aromatic nitrogens is 1. The third-order valence-corrected chi connectivity index (χ3v) is 2.90. The quantitative estimate of drug-likeness (QED) is 0.847. The Morgan fingerprint density at radius 3 is 2.43 bits per heavy atom. The number of nitrogens with zero attached hydrogens (tertiary/aromatic N) is 3. The van der Waals surface area contributed by atoms with E-state index in [1.165, 1.54) is 16.0 Å². The van der Waals surface area contributed by atoms with E-state index in [-0.39, 0.29) is 5.91 Å². The summed E-state index contributed by atoms with van der Waals surface area (Å²) in [4.78, 5) is 30.7. The molecule has 0 saturated heterocycles. The van der Waals surface area contributed by atoms with E-state index in [4.69, 9.17) is 4.74 Å². The Morgan fingerprint density at radius 1 is 1.10 bits per heavy atom. The number of carbonyl (C=O) groups excluding carboxylic acids is 2. The van der Waals surface area contributed by atoms with Crippen LogP contribution in [0.5, 0.6) is 5.75 Å². The van der Waals surface area contributed by atoms with E-state index in [0.29, 0.717) is 22.2 Å². The maximum Gasteiger partial charge on any atom is 0.414 e. The summed E-state index contributed by atoms with van der Waals surface area (Å²) in [6.07, 6.45) is 1.04. The summed E-state index contributed by atoms with van der Waals surface area (Å²) in [6.45, 7) is 0. The summed E-state index contributed by atoms with van der Waals surface area (Å²) in [5, 5.41) is 0.625. The van der Waals surface area contributed by atoms with Gasteiger partial charge in [-0.1, -0.05) is 6.07 Å². The van der Waals surface area contributed by atoms with E-state index in [0.717, 1.165) is 0 Å². The van der Waals surface area contributed by atoms with Crippen LogP contribution >= 0.6 is 0 Å². The van der Waals surface area contributed by atoms with Gasteiger partial charge in [0.05, 0.1) is 11.1 Å². The summed E-state index contributed by atoms with van der Waals surface area (Å²) in [5.41, 5.74) is 1.11. The molecule has 1 aromatic carbocycles. The zero-order valence-corrected chi connectivity index (χ0v) is 12.5. The second kappa shape index (κ2) is 5.78. The molecule has 2 amide bonds. The fourth-order valence-electron chi connectivity index (χ4n) is 1.77. The van der Waals surface area contributed by atoms with Crippen molar-refractivity contribution in [3.8, 4) is 5.75 Å². The standard InChI is InChI=1S/C15H17N3O3/c1-17(2)14(19)10-8-11-12(16-9-10)6-5-7-13(11)21-15(20)18(3)4/h5-9H,1-4H3. The summed E-state index contributed by atoms with van der Waals surface area (Å²) >= 11 is 0. The van der Waals surface area contributed by atoms with Crippen LogP contribution in [-0.2, 0) is 0 Å². The molecule has 0 aliphatic carbocycles. The Morgan fingerprint density at radius 2 is 1.81 bits per heavy atom. The van der Waals surface area contributed by atoms with Crippen LogP contribution in [0.15, 0.2) is 30.5 Å². The van der Waals surface area contributed by atoms with Gasteiger partial charge in [-0.15, -0.1) is 0 Å². The van der Waals surface area contributed by atoms with Gasteiger partial charge >= 0.3 is 6.09 Å². The van der Waals surface area contributed by atoms with Gasteiger partial charge in [-0.2, -0.15) is 0 Å². The van der Waals surface area contributed by atoms with E-state index in [2.05, 4.69) is 4.98 Å². The Balaban J connectivity index is 2.49. The molecule has 2 aromatic rings. The monoisotopic (exact) mass is 287 g/mol. The van der Waals surface area contributed by atoms with Gasteiger partial charge in [0.2, 0.25) is 0 Å². The second-order valence-electron chi connectivity index (χ2n) is 5.01. The van der Waals surface area contributed by atoms with Gasteiger partial charge in [0.1, 0.15) is 5.75 Å². The van der Waals surface area contributed by atoms with Crippen LogP contribution in [0.1, 0.15) is 10.4 Å². The third kappa shape index (κ3) is 3.10. The molecule has 2 rings (SSSR count). The number of hydrogen-bond donors (Lipinski definition) is 0. The normalized spacial score (nSPS) is 10.3. The summed E-state index contributed by atoms with van der Waals surface area (Å²) in [5.74, 6) is 0.227. The highest BCUT2D eigenvalue weighted by molar-refractivity contribution is 5.98. The lowest BCUT2D eigenvalue weighted by Crippen LogP contribution is -2.25. The van der Waals surface area contributed by atoms with Crippen LogP contribution < -0.4 is 4.74 Å². The molecule has 0 radical (unpaired) electrons. The molecule has 0 spiro atoms. The zero-order valence-electron chi connectivity index (χ0n) is 12.5. The first kappa shape index (κ1) is 14.8. The predicted molar refractivity (Wildman–Crippen MR) is 79.5 cm³/mol. The Labute approximate surface area is 122 Å². The number of rotatable bonds is 2. The van der Waals surface area contributed by atoms with Crippen LogP contribution in [0.25, 0.3) is 10.9 Å². The van der Waals surface area contributed by atoms with Crippen LogP contribution in [0.3, 0.4) is 0 Å². The molecule has 6 heteroatoms. The van der Waals surface area contributed by atoms with Gasteiger partial charge in [-0.25, -0.2) is 4.79 Å². The minimum Gasteiger partial charge on any atom is -0.409 e. The van der Waals surface area contributed by atoms with Crippen LogP contribution in [0.4, 0.5) is 4.79 Å². The fourth-order valence-corrected chi connectivity index (χ4v) is 1.77. The third-order valence-electron chi connectivity index (χ3n) is 2.90. The number of amides is 2. The Bertz CT molecular complexity index is 696. The Hall–Kier alpha value is -2.63. The van der Waals surface area contributed by atoms with Crippen molar-refractivity contribution >= 4 is 22.9 Å². The van der Waals surface area contributed by atoms with Crippen molar-refractivity contribution in [2.24, 2.45) is 0 Å². The first-order valence-corrected chi connectivity index (χ1v) is 6.39. The largest absolute Gasteiger partial charge is 0.414 e. The molecule has 0 saturated carbocycles. The maximum absolute atomic E-state index is 12.0. The van der Waals surface area contributed by atoms with E-state index in [9.17, 15) is 9.59 Å². The molecule has 0 aliphatic rings. The van der Waals surface area contributed by atoms with Crippen LogP contribution in [0, 0.1) is 0 Å². The SMILES string of the molecule is CN(C)C(=O)Oc1cccc2ncc(C(=O)N(C)C)cc12. The number of pyridine rings is 1. The highest BCUT2D eigenvalue weighted by Crippen LogP contribution is 2.25. The molecular formula is C15H17N3O3. The van der Waals surface area contributed by atoms with Gasteiger partial charge in [-0.3, -0.25) is 9.78 Å². The van der Waals surface area contributed by atoms with E-state index >= 15 is 0 Å². The lowest BCUT2D eigenvalue weighted by molar-refractivity contribution is 0.0827. The molecule has 0 fully saturated rings. The molecule has 0 N–H and O–H groups in total. The van der Waals surface area contributed by atoms with Gasteiger partial charge < -0.3 is 14.5 Å². The molecule has 6 nitrogen and oxygen atoms in total. The van der Waals surface area contributed by atoms with Crippen molar-refractivity contribution < 1.29 is 14.3 Å². The first-order chi connectivity index (χ1) is 9.90. The molecule has 110 valence electrons. The number of hydrogen-bond acceptors (Lipinski definition) is 4. The lowest BCUT2D eigenvalue weighted by atomic mass is 10.1. The summed E-state index contributed by atoms with van der Waals surface area (Å²) < 4.78 is 5.31. The van der Waals surface area contributed by atoms with Crippen molar-refractivity contribution in [3.63, 3.8) is 0 Å². The smallest absolute Gasteiger partial charge is 0.409 e. The molecule has 0 unspecified atom stereocenters. The van der Waals surface area contributed by atoms with Crippen LogP contribution in [-0.4, -0.2) is 55.0 Å². The van der Waals surface area contributed by atoms with E-state index in [1.807, 2.05) is 0 Å². The van der Waals surface area contributed by atoms with E-state index < -0.39 is 6.09 Å². The molecule has 0 bridgehead atoms. The first-order valence-electron chi connectivity index (χ1n) is 6.39. The maximum atomic E-state index is 12.0. The molecular weight excluding hydrogens is 270 g/mol. The zero-order chi connectivity index (χ0) is 15.6. The van der Waals surface area contributed by atoms with Crippen molar-refractivity contribution in [2.75, 3.05) is 28.2 Å². The number of ether oxygens (including phenoxy) is 1. The second-order valence-corrected chi connectivity index (χ2v) is 5.01. The van der Waals surface area contributed by atoms with Crippen molar-refractivity contribution in [1.82, 2.24) is 14.8 Å². The van der Waals surface area contributed by atoms with Gasteiger partial charge in [-0.05, 0) is 18.2 Å². The minimum atomic E-state index is -0.480. The topological polar surface area (TPSA) is 62.7 Å². The van der Waals surface area contributed by atoms with Crippen LogP contribution in [0.2, 0.25) is 0 Å². The van der Waals surface area contributed by atoms with Gasteiger partial charge in [0, 0.05) is 39.8 Å². The number of benzene rings is 1. The average molecular weight is 287 g/mol. The fraction of sp³-hybridized carbons (Fsp3) is 0.267. The van der Waals surface area contributed by atoms with Crippen molar-refractivity contribution in [1.29, 1.82) is 0 Å². The average Bonchev–Trinajstić information content (AvgIpc) is 2.46. The molecule has 21 heavy (non-hydrogen) atoms. The Kier molecular flexibility index (Phi) is 4.07. The van der Waals surface area contributed by atoms with Gasteiger partial charge in [0.15, 0.2) is 0 Å². The summed E-state index contributed by atoms with van der Waals surface area (Å²) in [6, 6.07) is 6.91. The number of carbonyl (C=O) groups is 2. The summed E-state index contributed by atoms with van der Waals surface area (Å²) in [7, 11) is 6.55. The molecule has 1 heterocycles. The van der Waals surface area contributed by atoms with E-state index in [1.54, 1.807) is 52.5 Å². The molecule has 1 aromatic heterocycles. The van der Waals surface area contributed by atoms with Crippen molar-refractivity contribution in [2.45, 2.75) is 0 Å². The highest BCUT2D eigenvalue weighted by atomic mass is 16.6. The van der Waals surface area contributed by atoms with Gasteiger partial charge in [0.25, 0.3) is 5.91 Å². The predicted octanol–water partition coefficient (Wildman–Crippen LogP) is 2.00.